The summed E-state index contributed by atoms with van der Waals surface area (Å²) in [6.07, 6.45) is 26.2. The highest BCUT2D eigenvalue weighted by atomic mass is 16.3. The normalized spacial score (nSPS) is 22.3. The molecular formula is C24H47N2O+. The number of likely N-dealkylation sites (N-methyl/N-ethyl adjacent to an activating group) is 1. The summed E-state index contributed by atoms with van der Waals surface area (Å²) >= 11 is 0. The number of rotatable bonds is 18. The lowest BCUT2D eigenvalue weighted by Crippen LogP contribution is -2.53. The highest BCUT2D eigenvalue weighted by molar-refractivity contribution is 5.60. The van der Waals surface area contributed by atoms with Crippen molar-refractivity contribution in [3.63, 3.8) is 0 Å². The van der Waals surface area contributed by atoms with Gasteiger partial charge in [0.15, 0.2) is 6.17 Å². The summed E-state index contributed by atoms with van der Waals surface area (Å²) in [4.78, 5) is 4.68. The molecule has 1 aliphatic rings. The molecule has 1 rings (SSSR count). The average Bonchev–Trinajstić information content (AvgIpc) is 3.08. The maximum absolute atomic E-state index is 9.36. The molecule has 0 fully saturated rings. The first-order chi connectivity index (χ1) is 13.3. The molecule has 3 nitrogen and oxygen atoms in total. The quantitative estimate of drug-likeness (QED) is 0.170. The zero-order chi connectivity index (χ0) is 19.6. The molecule has 1 heterocycles. The van der Waals surface area contributed by atoms with Crippen molar-refractivity contribution in [2.75, 3.05) is 26.2 Å². The molecular weight excluding hydrogens is 332 g/mol. The Morgan fingerprint density at radius 1 is 0.889 bits per heavy atom. The van der Waals surface area contributed by atoms with Gasteiger partial charge in [0.1, 0.15) is 13.1 Å². The van der Waals surface area contributed by atoms with E-state index in [0.717, 1.165) is 37.0 Å². The molecule has 27 heavy (non-hydrogen) atoms. The summed E-state index contributed by atoms with van der Waals surface area (Å²) in [5.41, 5.74) is 0. The van der Waals surface area contributed by atoms with Crippen LogP contribution < -0.4 is 0 Å². The maximum Gasteiger partial charge on any atom is 0.183 e. The molecule has 2 atom stereocenters. The third-order valence-electron chi connectivity index (χ3n) is 6.26. The lowest BCUT2D eigenvalue weighted by Gasteiger charge is -2.37. The number of nitrogens with zero attached hydrogens (tertiary/aromatic N) is 2. The molecule has 3 heteroatoms. The first kappa shape index (κ1) is 24.4. The van der Waals surface area contributed by atoms with Gasteiger partial charge in [-0.1, -0.05) is 83.3 Å². The number of aliphatic hydroxyl groups is 1. The van der Waals surface area contributed by atoms with Gasteiger partial charge in [-0.15, -0.1) is 0 Å². The summed E-state index contributed by atoms with van der Waals surface area (Å²) in [5, 5.41) is 9.36. The fraction of sp³-hybridized carbons (Fsp3) is 0.875. The van der Waals surface area contributed by atoms with Crippen LogP contribution in [0.4, 0.5) is 0 Å². The van der Waals surface area contributed by atoms with Crippen molar-refractivity contribution < 1.29 is 9.59 Å². The van der Waals surface area contributed by atoms with Crippen LogP contribution in [0.5, 0.6) is 0 Å². The minimum Gasteiger partial charge on any atom is -0.391 e. The van der Waals surface area contributed by atoms with Crippen LogP contribution in [0.3, 0.4) is 0 Å². The Kier molecular flexibility index (Phi) is 14.7. The largest absolute Gasteiger partial charge is 0.391 e. The van der Waals surface area contributed by atoms with E-state index in [2.05, 4.69) is 37.2 Å². The molecule has 1 N–H and O–H groups in total. The summed E-state index contributed by atoms with van der Waals surface area (Å²) < 4.78 is 0.947. The van der Waals surface area contributed by atoms with Gasteiger partial charge in [0.2, 0.25) is 0 Å². The zero-order valence-electron chi connectivity index (χ0n) is 18.4. The first-order valence-corrected chi connectivity index (χ1v) is 11.9. The van der Waals surface area contributed by atoms with Gasteiger partial charge in [-0.2, -0.15) is 0 Å². The van der Waals surface area contributed by atoms with E-state index in [9.17, 15) is 5.11 Å². The van der Waals surface area contributed by atoms with Crippen LogP contribution in [0.15, 0.2) is 17.1 Å². The average molecular weight is 380 g/mol. The Morgan fingerprint density at radius 2 is 1.48 bits per heavy atom. The van der Waals surface area contributed by atoms with Crippen molar-refractivity contribution in [1.29, 1.82) is 0 Å². The van der Waals surface area contributed by atoms with Crippen molar-refractivity contribution in [3.8, 4) is 0 Å². The lowest BCUT2D eigenvalue weighted by atomic mass is 10.1. The van der Waals surface area contributed by atoms with Crippen LogP contribution in [0.2, 0.25) is 0 Å². The molecule has 0 aromatic heterocycles. The molecule has 0 saturated heterocycles. The van der Waals surface area contributed by atoms with E-state index in [-0.39, 0.29) is 6.61 Å². The van der Waals surface area contributed by atoms with Crippen LogP contribution in [-0.4, -0.2) is 48.2 Å². The van der Waals surface area contributed by atoms with Crippen molar-refractivity contribution >= 4 is 6.21 Å². The van der Waals surface area contributed by atoms with E-state index in [1.165, 1.54) is 77.0 Å². The third-order valence-corrected chi connectivity index (χ3v) is 6.26. The third kappa shape index (κ3) is 10.4. The Hall–Kier alpha value is -0.670. The van der Waals surface area contributed by atoms with E-state index in [1.54, 1.807) is 0 Å². The molecule has 158 valence electrons. The van der Waals surface area contributed by atoms with Gasteiger partial charge in [0.25, 0.3) is 0 Å². The monoisotopic (exact) mass is 379 g/mol. The van der Waals surface area contributed by atoms with Crippen molar-refractivity contribution in [2.45, 2.75) is 110 Å². The molecule has 0 amide bonds. The fourth-order valence-corrected chi connectivity index (χ4v) is 4.29. The van der Waals surface area contributed by atoms with E-state index in [4.69, 9.17) is 0 Å². The van der Waals surface area contributed by atoms with Gasteiger partial charge >= 0.3 is 0 Å². The molecule has 2 unspecified atom stereocenters. The summed E-state index contributed by atoms with van der Waals surface area (Å²) in [5.74, 6) is 0. The van der Waals surface area contributed by atoms with Gasteiger partial charge in [-0.05, 0) is 26.2 Å². The predicted molar refractivity (Wildman–Crippen MR) is 119 cm³/mol. The minimum atomic E-state index is 0.266. The number of allylic oxidation sites excluding steroid dienone is 2. The van der Waals surface area contributed by atoms with E-state index in [1.807, 2.05) is 0 Å². The van der Waals surface area contributed by atoms with E-state index < -0.39 is 0 Å². The summed E-state index contributed by atoms with van der Waals surface area (Å²) in [7, 11) is 0. The van der Waals surface area contributed by atoms with Gasteiger partial charge in [0.05, 0.1) is 19.4 Å². The summed E-state index contributed by atoms with van der Waals surface area (Å²) in [6.45, 7) is 7.66. The van der Waals surface area contributed by atoms with Gasteiger partial charge in [-0.25, -0.2) is 4.99 Å². The topological polar surface area (TPSA) is 32.6 Å². The summed E-state index contributed by atoms with van der Waals surface area (Å²) in [6, 6.07) is 0. The van der Waals surface area contributed by atoms with Crippen LogP contribution in [-0.2, 0) is 0 Å². The number of quaternary nitrogens is 1. The standard InChI is InChI=1S/C24H47N2O/c1-3-5-6-7-8-9-10-11-12-13-14-15-16-17-18-19-24-25-20-21-26(24,4-2)22-23-27/h16-17,20,24,27H,3-15,18-19,21-23H2,1-2H3/q+1/b17-16+. The Bertz CT molecular complexity index is 394. The van der Waals surface area contributed by atoms with E-state index in [0.29, 0.717) is 6.17 Å². The molecule has 0 aliphatic carbocycles. The number of hydrogen-bond acceptors (Lipinski definition) is 2. The lowest BCUT2D eigenvalue weighted by molar-refractivity contribution is -0.936. The Morgan fingerprint density at radius 3 is 2.07 bits per heavy atom. The molecule has 0 radical (unpaired) electrons. The van der Waals surface area contributed by atoms with Crippen LogP contribution in [0, 0.1) is 0 Å². The molecule has 0 aromatic carbocycles. The van der Waals surface area contributed by atoms with Crippen molar-refractivity contribution in [3.05, 3.63) is 12.2 Å². The van der Waals surface area contributed by atoms with Crippen LogP contribution in [0.25, 0.3) is 0 Å². The zero-order valence-corrected chi connectivity index (χ0v) is 18.4. The smallest absolute Gasteiger partial charge is 0.183 e. The Labute approximate surface area is 169 Å². The Balaban J connectivity index is 1.94. The molecule has 0 saturated carbocycles. The number of aliphatic imine (C=N–C) groups is 1. The highest BCUT2D eigenvalue weighted by Crippen LogP contribution is 2.23. The maximum atomic E-state index is 9.36. The molecule has 0 spiro atoms. The number of hydrogen-bond donors (Lipinski definition) is 1. The SMILES string of the molecule is CCCCCCCCCCCCC/C=C/CCC1N=CC[N+]1(CC)CCO. The number of aliphatic hydroxyl groups excluding tert-OH is 1. The predicted octanol–water partition coefficient (Wildman–Crippen LogP) is 6.26. The van der Waals surface area contributed by atoms with Gasteiger partial charge in [0, 0.05) is 6.42 Å². The fourth-order valence-electron chi connectivity index (χ4n) is 4.29. The van der Waals surface area contributed by atoms with E-state index >= 15 is 0 Å². The van der Waals surface area contributed by atoms with Crippen LogP contribution in [0.1, 0.15) is 104 Å². The molecule has 1 aliphatic heterocycles. The molecule has 0 bridgehead atoms. The van der Waals surface area contributed by atoms with Crippen LogP contribution >= 0.6 is 0 Å². The number of unbranched alkanes of at least 4 members (excludes halogenated alkanes) is 11. The van der Waals surface area contributed by atoms with Crippen molar-refractivity contribution in [2.24, 2.45) is 4.99 Å². The second-order valence-corrected chi connectivity index (χ2v) is 8.35. The first-order valence-electron chi connectivity index (χ1n) is 11.9. The van der Waals surface area contributed by atoms with Crippen molar-refractivity contribution in [1.82, 2.24) is 0 Å². The molecule has 0 aromatic rings. The second kappa shape index (κ2) is 16.3. The minimum absolute atomic E-state index is 0.266. The van der Waals surface area contributed by atoms with Gasteiger partial charge in [-0.3, -0.25) is 4.48 Å². The second-order valence-electron chi connectivity index (χ2n) is 8.35. The van der Waals surface area contributed by atoms with Gasteiger partial charge < -0.3 is 5.11 Å². The highest BCUT2D eigenvalue weighted by Gasteiger charge is 2.36.